The second-order valence-electron chi connectivity index (χ2n) is 4.38. The van der Waals surface area contributed by atoms with Gasteiger partial charge in [0, 0.05) is 17.8 Å². The largest absolute Gasteiger partial charge is 0.345 e. The highest BCUT2D eigenvalue weighted by molar-refractivity contribution is 6.05. The van der Waals surface area contributed by atoms with Crippen LogP contribution in [0.2, 0.25) is 0 Å². The number of hydrogen-bond acceptors (Lipinski definition) is 3. The highest BCUT2D eigenvalue weighted by atomic mass is 16.1. The van der Waals surface area contributed by atoms with Gasteiger partial charge in [-0.3, -0.25) is 14.8 Å². The summed E-state index contributed by atoms with van der Waals surface area (Å²) in [7, 11) is 0. The standard InChI is InChI=1S/C16H13N3O/c20-16(19-11-13-6-3-4-9-17-13)15-14-7-2-1-5-12(14)8-10-18-15/h1-10H,11H2,(H,19,20). The Kier molecular flexibility index (Phi) is 3.37. The highest BCUT2D eigenvalue weighted by Crippen LogP contribution is 2.16. The third-order valence-electron chi connectivity index (χ3n) is 3.04. The van der Waals surface area contributed by atoms with E-state index in [-0.39, 0.29) is 5.91 Å². The molecule has 0 aliphatic rings. The minimum atomic E-state index is -0.188. The van der Waals surface area contributed by atoms with E-state index < -0.39 is 0 Å². The maximum Gasteiger partial charge on any atom is 0.270 e. The van der Waals surface area contributed by atoms with Crippen molar-refractivity contribution in [2.45, 2.75) is 6.54 Å². The quantitative estimate of drug-likeness (QED) is 0.790. The van der Waals surface area contributed by atoms with E-state index in [0.29, 0.717) is 12.2 Å². The fourth-order valence-corrected chi connectivity index (χ4v) is 2.06. The van der Waals surface area contributed by atoms with E-state index in [1.807, 2.05) is 48.5 Å². The van der Waals surface area contributed by atoms with Crippen LogP contribution in [0.25, 0.3) is 10.8 Å². The number of carbonyl (C=O) groups excluding carboxylic acids is 1. The normalized spacial score (nSPS) is 10.4. The molecule has 3 rings (SSSR count). The molecule has 98 valence electrons. The predicted octanol–water partition coefficient (Wildman–Crippen LogP) is 2.56. The number of benzene rings is 1. The van der Waals surface area contributed by atoms with E-state index in [0.717, 1.165) is 16.5 Å². The molecular formula is C16H13N3O. The third-order valence-corrected chi connectivity index (χ3v) is 3.04. The molecule has 2 heterocycles. The van der Waals surface area contributed by atoms with Crippen LogP contribution in [-0.4, -0.2) is 15.9 Å². The molecule has 0 radical (unpaired) electrons. The van der Waals surface area contributed by atoms with Gasteiger partial charge in [0.1, 0.15) is 5.69 Å². The van der Waals surface area contributed by atoms with Crippen LogP contribution in [-0.2, 0) is 6.54 Å². The van der Waals surface area contributed by atoms with Crippen molar-refractivity contribution in [1.82, 2.24) is 15.3 Å². The third kappa shape index (κ3) is 2.49. The van der Waals surface area contributed by atoms with E-state index in [1.54, 1.807) is 12.4 Å². The SMILES string of the molecule is O=C(NCc1ccccn1)c1nccc2ccccc12. The number of nitrogens with zero attached hydrogens (tertiary/aromatic N) is 2. The van der Waals surface area contributed by atoms with Gasteiger partial charge in [0.25, 0.3) is 5.91 Å². The fourth-order valence-electron chi connectivity index (χ4n) is 2.06. The van der Waals surface area contributed by atoms with Crippen molar-refractivity contribution in [3.63, 3.8) is 0 Å². The molecule has 4 heteroatoms. The smallest absolute Gasteiger partial charge is 0.270 e. The Morgan fingerprint density at radius 3 is 2.65 bits per heavy atom. The molecule has 1 aromatic carbocycles. The molecule has 0 fully saturated rings. The average molecular weight is 263 g/mol. The first kappa shape index (κ1) is 12.3. The number of carbonyl (C=O) groups is 1. The van der Waals surface area contributed by atoms with Crippen molar-refractivity contribution >= 4 is 16.7 Å². The molecule has 0 aliphatic carbocycles. The van der Waals surface area contributed by atoms with Gasteiger partial charge < -0.3 is 5.32 Å². The van der Waals surface area contributed by atoms with E-state index in [9.17, 15) is 4.79 Å². The molecule has 0 saturated heterocycles. The van der Waals surface area contributed by atoms with Gasteiger partial charge in [0.05, 0.1) is 12.2 Å². The van der Waals surface area contributed by atoms with Crippen molar-refractivity contribution in [1.29, 1.82) is 0 Å². The molecule has 2 aromatic heterocycles. The molecule has 3 aromatic rings. The molecule has 0 spiro atoms. The van der Waals surface area contributed by atoms with Crippen LogP contribution in [0.15, 0.2) is 60.9 Å². The van der Waals surface area contributed by atoms with Gasteiger partial charge >= 0.3 is 0 Å². The molecule has 0 unspecified atom stereocenters. The zero-order valence-electron chi connectivity index (χ0n) is 10.8. The lowest BCUT2D eigenvalue weighted by molar-refractivity contribution is 0.0947. The minimum Gasteiger partial charge on any atom is -0.345 e. The van der Waals surface area contributed by atoms with Gasteiger partial charge in [-0.05, 0) is 23.6 Å². The summed E-state index contributed by atoms with van der Waals surface area (Å²) in [6, 6.07) is 15.2. The van der Waals surface area contributed by atoms with Crippen LogP contribution in [0, 0.1) is 0 Å². The van der Waals surface area contributed by atoms with Crippen LogP contribution in [0.5, 0.6) is 0 Å². The zero-order chi connectivity index (χ0) is 13.8. The van der Waals surface area contributed by atoms with Crippen molar-refractivity contribution in [3.05, 3.63) is 72.3 Å². The van der Waals surface area contributed by atoms with Crippen molar-refractivity contribution in [2.75, 3.05) is 0 Å². The number of rotatable bonds is 3. The van der Waals surface area contributed by atoms with Crippen molar-refractivity contribution in [3.8, 4) is 0 Å². The topological polar surface area (TPSA) is 54.9 Å². The first-order valence-electron chi connectivity index (χ1n) is 6.36. The minimum absolute atomic E-state index is 0.188. The lowest BCUT2D eigenvalue weighted by Gasteiger charge is -2.06. The van der Waals surface area contributed by atoms with Crippen LogP contribution < -0.4 is 5.32 Å². The van der Waals surface area contributed by atoms with Crippen LogP contribution in [0.4, 0.5) is 0 Å². The second kappa shape index (κ2) is 5.48. The number of hydrogen-bond donors (Lipinski definition) is 1. The number of pyridine rings is 2. The zero-order valence-corrected chi connectivity index (χ0v) is 10.8. The van der Waals surface area contributed by atoms with E-state index in [4.69, 9.17) is 0 Å². The van der Waals surface area contributed by atoms with Gasteiger partial charge in [-0.1, -0.05) is 30.3 Å². The Morgan fingerprint density at radius 2 is 1.80 bits per heavy atom. The molecule has 20 heavy (non-hydrogen) atoms. The summed E-state index contributed by atoms with van der Waals surface area (Å²) < 4.78 is 0. The molecule has 0 atom stereocenters. The van der Waals surface area contributed by atoms with E-state index in [1.165, 1.54) is 0 Å². The van der Waals surface area contributed by atoms with Crippen LogP contribution in [0.3, 0.4) is 0 Å². The predicted molar refractivity (Wildman–Crippen MR) is 77.2 cm³/mol. The van der Waals surface area contributed by atoms with E-state index >= 15 is 0 Å². The molecule has 1 N–H and O–H groups in total. The molecule has 0 bridgehead atoms. The molecule has 1 amide bonds. The fraction of sp³-hybridized carbons (Fsp3) is 0.0625. The number of nitrogens with one attached hydrogen (secondary N) is 1. The highest BCUT2D eigenvalue weighted by Gasteiger charge is 2.10. The maximum absolute atomic E-state index is 12.2. The Hall–Kier alpha value is -2.75. The van der Waals surface area contributed by atoms with Crippen LogP contribution in [0.1, 0.15) is 16.2 Å². The number of amides is 1. The average Bonchev–Trinajstić information content (AvgIpc) is 2.53. The van der Waals surface area contributed by atoms with Gasteiger partial charge in [-0.25, -0.2) is 0 Å². The summed E-state index contributed by atoms with van der Waals surface area (Å²) >= 11 is 0. The lowest BCUT2D eigenvalue weighted by atomic mass is 10.1. The monoisotopic (exact) mass is 263 g/mol. The summed E-state index contributed by atoms with van der Waals surface area (Å²) in [6.45, 7) is 0.393. The van der Waals surface area contributed by atoms with Gasteiger partial charge in [-0.15, -0.1) is 0 Å². The van der Waals surface area contributed by atoms with Crippen molar-refractivity contribution in [2.24, 2.45) is 0 Å². The Morgan fingerprint density at radius 1 is 0.950 bits per heavy atom. The summed E-state index contributed by atoms with van der Waals surface area (Å²) in [6.07, 6.45) is 3.36. The van der Waals surface area contributed by atoms with Gasteiger partial charge in [0.2, 0.25) is 0 Å². The molecule has 0 aliphatic heterocycles. The Bertz CT molecular complexity index is 736. The molecular weight excluding hydrogens is 250 g/mol. The number of fused-ring (bicyclic) bond motifs is 1. The maximum atomic E-state index is 12.2. The van der Waals surface area contributed by atoms with Gasteiger partial charge in [0.15, 0.2) is 0 Å². The van der Waals surface area contributed by atoms with Crippen molar-refractivity contribution < 1.29 is 4.79 Å². The summed E-state index contributed by atoms with van der Waals surface area (Å²) in [5.74, 6) is -0.188. The lowest BCUT2D eigenvalue weighted by Crippen LogP contribution is -2.24. The molecule has 0 saturated carbocycles. The summed E-state index contributed by atoms with van der Waals surface area (Å²) in [5, 5.41) is 4.70. The summed E-state index contributed by atoms with van der Waals surface area (Å²) in [4.78, 5) is 20.6. The Labute approximate surface area is 116 Å². The van der Waals surface area contributed by atoms with E-state index in [2.05, 4.69) is 15.3 Å². The first-order chi connectivity index (χ1) is 9.84. The van der Waals surface area contributed by atoms with Crippen LogP contribution >= 0.6 is 0 Å². The molecule has 4 nitrogen and oxygen atoms in total. The Balaban J connectivity index is 1.82. The van der Waals surface area contributed by atoms with Gasteiger partial charge in [-0.2, -0.15) is 0 Å². The number of aromatic nitrogens is 2. The summed E-state index contributed by atoms with van der Waals surface area (Å²) in [5.41, 5.74) is 1.26. The first-order valence-corrected chi connectivity index (χ1v) is 6.36. The second-order valence-corrected chi connectivity index (χ2v) is 4.38.